The van der Waals surface area contributed by atoms with Gasteiger partial charge in [-0.1, -0.05) is 45.0 Å². The average molecular weight is 354 g/mol. The third-order valence-corrected chi connectivity index (χ3v) is 4.55. The summed E-state index contributed by atoms with van der Waals surface area (Å²) in [7, 11) is 0. The summed E-state index contributed by atoms with van der Waals surface area (Å²) in [6, 6.07) is 8.90. The molecular weight excluding hydrogens is 322 g/mol. The van der Waals surface area contributed by atoms with E-state index < -0.39 is 0 Å². The van der Waals surface area contributed by atoms with Gasteiger partial charge in [-0.15, -0.1) is 12.4 Å². The average Bonchev–Trinajstić information content (AvgIpc) is 2.52. The van der Waals surface area contributed by atoms with Crippen molar-refractivity contribution in [2.45, 2.75) is 45.6 Å². The summed E-state index contributed by atoms with van der Waals surface area (Å²) in [5.41, 5.74) is 8.32. The lowest BCUT2D eigenvalue weighted by molar-refractivity contribution is -0.126. The van der Waals surface area contributed by atoms with Crippen molar-refractivity contribution in [2.24, 2.45) is 11.7 Å². The van der Waals surface area contributed by atoms with Crippen molar-refractivity contribution < 1.29 is 4.79 Å². The van der Waals surface area contributed by atoms with Gasteiger partial charge in [-0.05, 0) is 35.9 Å². The molecule has 1 heterocycles. The highest BCUT2D eigenvalue weighted by Crippen LogP contribution is 2.23. The van der Waals surface area contributed by atoms with Crippen LogP contribution in [-0.2, 0) is 16.8 Å². The summed E-state index contributed by atoms with van der Waals surface area (Å²) < 4.78 is 0. The van der Waals surface area contributed by atoms with Gasteiger partial charge in [-0.2, -0.15) is 0 Å². The largest absolute Gasteiger partial charge is 0.355 e. The molecule has 1 aromatic carbocycles. The maximum absolute atomic E-state index is 12.1. The predicted octanol–water partition coefficient (Wildman–Crippen LogP) is 2.69. The number of benzene rings is 1. The van der Waals surface area contributed by atoms with Crippen LogP contribution in [0.25, 0.3) is 0 Å². The highest BCUT2D eigenvalue weighted by molar-refractivity contribution is 5.85. The Morgan fingerprint density at radius 1 is 1.29 bits per heavy atom. The number of carbonyl (C=O) groups is 1. The number of rotatable bonds is 5. The Bertz CT molecular complexity index is 510. The van der Waals surface area contributed by atoms with E-state index in [4.69, 9.17) is 5.73 Å². The predicted molar refractivity (Wildman–Crippen MR) is 102 cm³/mol. The van der Waals surface area contributed by atoms with E-state index >= 15 is 0 Å². The Labute approximate surface area is 152 Å². The molecule has 136 valence electrons. The van der Waals surface area contributed by atoms with E-state index in [1.807, 2.05) is 0 Å². The molecule has 4 nitrogen and oxygen atoms in total. The van der Waals surface area contributed by atoms with Crippen LogP contribution in [-0.4, -0.2) is 37.0 Å². The van der Waals surface area contributed by atoms with Gasteiger partial charge in [-0.25, -0.2) is 0 Å². The van der Waals surface area contributed by atoms with Gasteiger partial charge >= 0.3 is 0 Å². The second-order valence-corrected chi connectivity index (χ2v) is 7.60. The van der Waals surface area contributed by atoms with Crippen molar-refractivity contribution in [3.05, 3.63) is 35.4 Å². The van der Waals surface area contributed by atoms with Crippen molar-refractivity contribution in [1.82, 2.24) is 10.2 Å². The standard InChI is InChI=1S/C19H31N3O.ClH/c1-19(2,3)17-8-6-15(7-9-17)13-22-12-4-5-16(14-22)18(23)21-11-10-20;/h6-9,16H,4-5,10-14,20H2,1-3H3,(H,21,23);1H. The topological polar surface area (TPSA) is 58.4 Å². The van der Waals surface area contributed by atoms with E-state index in [1.54, 1.807) is 0 Å². The van der Waals surface area contributed by atoms with Gasteiger partial charge in [0.25, 0.3) is 0 Å². The van der Waals surface area contributed by atoms with Gasteiger partial charge in [0.05, 0.1) is 5.92 Å². The minimum absolute atomic E-state index is 0. The minimum atomic E-state index is 0. The number of hydrogen-bond donors (Lipinski definition) is 2. The molecule has 24 heavy (non-hydrogen) atoms. The molecule has 1 atom stereocenters. The Balaban J connectivity index is 0.00000288. The molecule has 1 aliphatic heterocycles. The molecule has 1 saturated heterocycles. The van der Waals surface area contributed by atoms with Crippen molar-refractivity contribution in [2.75, 3.05) is 26.2 Å². The van der Waals surface area contributed by atoms with E-state index in [-0.39, 0.29) is 29.6 Å². The van der Waals surface area contributed by atoms with E-state index in [0.29, 0.717) is 13.1 Å². The molecule has 1 aromatic rings. The molecular formula is C19H32ClN3O. The molecule has 1 aliphatic rings. The molecule has 1 fully saturated rings. The zero-order valence-electron chi connectivity index (χ0n) is 15.2. The summed E-state index contributed by atoms with van der Waals surface area (Å²) >= 11 is 0. The minimum Gasteiger partial charge on any atom is -0.355 e. The molecule has 0 radical (unpaired) electrons. The van der Waals surface area contributed by atoms with Crippen molar-refractivity contribution in [3.63, 3.8) is 0 Å². The molecule has 0 bridgehead atoms. The summed E-state index contributed by atoms with van der Waals surface area (Å²) in [6.45, 7) is 10.6. The maximum Gasteiger partial charge on any atom is 0.224 e. The van der Waals surface area contributed by atoms with Gasteiger partial charge in [0.1, 0.15) is 0 Å². The quantitative estimate of drug-likeness (QED) is 0.855. The zero-order chi connectivity index (χ0) is 16.9. The van der Waals surface area contributed by atoms with Crippen LogP contribution in [0.3, 0.4) is 0 Å². The Morgan fingerprint density at radius 2 is 1.96 bits per heavy atom. The van der Waals surface area contributed by atoms with Crippen LogP contribution in [0, 0.1) is 5.92 Å². The van der Waals surface area contributed by atoms with Crippen LogP contribution in [0.15, 0.2) is 24.3 Å². The first-order valence-electron chi connectivity index (χ1n) is 8.69. The van der Waals surface area contributed by atoms with Crippen LogP contribution >= 0.6 is 12.4 Å². The fourth-order valence-electron chi connectivity index (χ4n) is 3.12. The van der Waals surface area contributed by atoms with E-state index in [9.17, 15) is 4.79 Å². The third kappa shape index (κ3) is 6.08. The van der Waals surface area contributed by atoms with Crippen molar-refractivity contribution in [1.29, 1.82) is 0 Å². The molecule has 1 unspecified atom stereocenters. The third-order valence-electron chi connectivity index (χ3n) is 4.55. The highest BCUT2D eigenvalue weighted by atomic mass is 35.5. The number of amides is 1. The number of piperidine rings is 1. The first-order valence-corrected chi connectivity index (χ1v) is 8.69. The maximum atomic E-state index is 12.1. The SMILES string of the molecule is CC(C)(C)c1ccc(CN2CCCC(C(=O)NCCN)C2)cc1.Cl. The van der Waals surface area contributed by atoms with Gasteiger partial charge < -0.3 is 11.1 Å². The van der Waals surface area contributed by atoms with Crippen LogP contribution in [0.4, 0.5) is 0 Å². The molecule has 2 rings (SSSR count). The van der Waals surface area contributed by atoms with Crippen molar-refractivity contribution in [3.8, 4) is 0 Å². The Hall–Kier alpha value is -1.10. The summed E-state index contributed by atoms with van der Waals surface area (Å²) in [5, 5.41) is 2.92. The molecule has 0 saturated carbocycles. The first kappa shape index (κ1) is 20.9. The lowest BCUT2D eigenvalue weighted by atomic mass is 9.86. The van der Waals surface area contributed by atoms with Crippen LogP contribution in [0.2, 0.25) is 0 Å². The lowest BCUT2D eigenvalue weighted by Crippen LogP contribution is -2.43. The van der Waals surface area contributed by atoms with E-state index in [2.05, 4.69) is 55.3 Å². The number of carbonyl (C=O) groups excluding carboxylic acids is 1. The number of nitrogens with two attached hydrogens (primary N) is 1. The van der Waals surface area contributed by atoms with Gasteiger partial charge in [0.15, 0.2) is 0 Å². The molecule has 0 aliphatic carbocycles. The summed E-state index contributed by atoms with van der Waals surface area (Å²) in [4.78, 5) is 14.5. The molecule has 1 amide bonds. The Kier molecular flexibility index (Phi) is 8.20. The van der Waals surface area contributed by atoms with Gasteiger partial charge in [-0.3, -0.25) is 9.69 Å². The summed E-state index contributed by atoms with van der Waals surface area (Å²) in [5.74, 6) is 0.257. The smallest absolute Gasteiger partial charge is 0.224 e. The van der Waals surface area contributed by atoms with Crippen LogP contribution < -0.4 is 11.1 Å². The monoisotopic (exact) mass is 353 g/mol. The number of hydrogen-bond acceptors (Lipinski definition) is 3. The first-order chi connectivity index (χ1) is 10.9. The second kappa shape index (κ2) is 9.40. The highest BCUT2D eigenvalue weighted by Gasteiger charge is 2.25. The molecule has 0 aromatic heterocycles. The molecule has 0 spiro atoms. The fraction of sp³-hybridized carbons (Fsp3) is 0.632. The molecule has 5 heteroatoms. The Morgan fingerprint density at radius 3 is 2.54 bits per heavy atom. The number of nitrogens with one attached hydrogen (secondary N) is 1. The zero-order valence-corrected chi connectivity index (χ0v) is 16.0. The van der Waals surface area contributed by atoms with E-state index in [0.717, 1.165) is 32.5 Å². The van der Waals surface area contributed by atoms with Gasteiger partial charge in [0.2, 0.25) is 5.91 Å². The van der Waals surface area contributed by atoms with Crippen molar-refractivity contribution >= 4 is 18.3 Å². The van der Waals surface area contributed by atoms with Gasteiger partial charge in [0, 0.05) is 26.2 Å². The van der Waals surface area contributed by atoms with Crippen LogP contribution in [0.5, 0.6) is 0 Å². The number of likely N-dealkylation sites (tertiary alicyclic amines) is 1. The van der Waals surface area contributed by atoms with E-state index in [1.165, 1.54) is 11.1 Å². The fourth-order valence-corrected chi connectivity index (χ4v) is 3.12. The molecule has 3 N–H and O–H groups in total. The summed E-state index contributed by atoms with van der Waals surface area (Å²) in [6.07, 6.45) is 2.07. The number of nitrogens with zero attached hydrogens (tertiary/aromatic N) is 1. The number of halogens is 1. The lowest BCUT2D eigenvalue weighted by Gasteiger charge is -2.32. The normalized spacial score (nSPS) is 18.8. The van der Waals surface area contributed by atoms with Crippen LogP contribution in [0.1, 0.15) is 44.7 Å². The second-order valence-electron chi connectivity index (χ2n) is 7.60.